The molecular formula is C16H22N6O3. The Balaban J connectivity index is 0.000000511. The van der Waals surface area contributed by atoms with Gasteiger partial charge in [-0.15, -0.1) is 5.10 Å². The first-order valence-corrected chi connectivity index (χ1v) is 7.91. The van der Waals surface area contributed by atoms with E-state index in [1.807, 2.05) is 30.1 Å². The van der Waals surface area contributed by atoms with Crippen LogP contribution in [0, 0.1) is 0 Å². The van der Waals surface area contributed by atoms with E-state index in [2.05, 4.69) is 38.1 Å². The van der Waals surface area contributed by atoms with Gasteiger partial charge >= 0.3 is 6.01 Å². The normalized spacial score (nSPS) is 10.3. The zero-order chi connectivity index (χ0) is 18.1. The summed E-state index contributed by atoms with van der Waals surface area (Å²) in [6.45, 7) is 3.27. The number of benzene rings is 1. The minimum Gasteiger partial charge on any atom is -0.481 e. The molecule has 0 unspecified atom stereocenters. The topological polar surface area (TPSA) is 118 Å². The number of aromatic nitrogens is 4. The third kappa shape index (κ3) is 5.88. The van der Waals surface area contributed by atoms with Crippen molar-refractivity contribution < 1.29 is 14.3 Å². The van der Waals surface area contributed by atoms with Crippen LogP contribution in [0.15, 0.2) is 34.9 Å². The lowest BCUT2D eigenvalue weighted by Gasteiger charge is -2.04. The smallest absolute Gasteiger partial charge is 0.315 e. The van der Waals surface area contributed by atoms with Crippen LogP contribution in [0.4, 0.5) is 6.01 Å². The largest absolute Gasteiger partial charge is 0.481 e. The van der Waals surface area contributed by atoms with Crippen LogP contribution in [-0.4, -0.2) is 44.6 Å². The molecule has 3 aromatic rings. The number of nitrogens with one attached hydrogen (secondary N) is 2. The van der Waals surface area contributed by atoms with Gasteiger partial charge in [-0.05, 0) is 19.5 Å². The molecule has 3 rings (SSSR count). The molecule has 0 aliphatic carbocycles. The number of carbonyl (C=O) groups is 1. The van der Waals surface area contributed by atoms with Crippen LogP contribution in [-0.2, 0) is 17.9 Å². The second-order valence-electron chi connectivity index (χ2n) is 5.26. The van der Waals surface area contributed by atoms with Crippen LogP contribution in [0.3, 0.4) is 0 Å². The molecule has 0 saturated heterocycles. The van der Waals surface area contributed by atoms with Crippen LogP contribution in [0.25, 0.3) is 10.9 Å². The number of hydrogen-bond acceptors (Lipinski definition) is 7. The van der Waals surface area contributed by atoms with Gasteiger partial charge in [0.15, 0.2) is 0 Å². The van der Waals surface area contributed by atoms with Crippen molar-refractivity contribution in [2.45, 2.75) is 26.4 Å². The quantitative estimate of drug-likeness (QED) is 0.554. The van der Waals surface area contributed by atoms with Gasteiger partial charge in [0, 0.05) is 25.4 Å². The Hall–Kier alpha value is -2.94. The molecule has 0 aliphatic rings. The Morgan fingerprint density at radius 1 is 1.32 bits per heavy atom. The van der Waals surface area contributed by atoms with Gasteiger partial charge in [0.1, 0.15) is 0 Å². The molecule has 9 nitrogen and oxygen atoms in total. The van der Waals surface area contributed by atoms with Gasteiger partial charge in [0.2, 0.25) is 5.89 Å². The predicted molar refractivity (Wildman–Crippen MR) is 93.2 cm³/mol. The summed E-state index contributed by atoms with van der Waals surface area (Å²) in [5.74, 6) is -0.252. The third-order valence-electron chi connectivity index (χ3n) is 3.17. The molecule has 1 aromatic carbocycles. The van der Waals surface area contributed by atoms with Crippen LogP contribution in [0.5, 0.6) is 0 Å². The molecule has 0 amide bonds. The number of fused-ring (bicyclic) bond motifs is 1. The summed E-state index contributed by atoms with van der Waals surface area (Å²) in [5, 5.41) is 26.9. The molecule has 25 heavy (non-hydrogen) atoms. The fourth-order valence-electron chi connectivity index (χ4n) is 2.18. The number of hydrogen-bond donors (Lipinski definition) is 3. The maximum absolute atomic E-state index is 9.00. The zero-order valence-corrected chi connectivity index (χ0v) is 14.3. The van der Waals surface area contributed by atoms with Gasteiger partial charge < -0.3 is 20.2 Å². The van der Waals surface area contributed by atoms with Crippen molar-refractivity contribution in [3.8, 4) is 0 Å². The fraction of sp³-hybridized carbons (Fsp3) is 0.375. The molecule has 134 valence electrons. The minimum absolute atomic E-state index is 0.463. The molecule has 0 fully saturated rings. The maximum atomic E-state index is 9.00. The third-order valence-corrected chi connectivity index (χ3v) is 3.17. The second-order valence-corrected chi connectivity index (χ2v) is 5.26. The van der Waals surface area contributed by atoms with Crippen molar-refractivity contribution in [2.75, 3.05) is 18.9 Å². The summed E-state index contributed by atoms with van der Waals surface area (Å²) in [5.41, 5.74) is 1.16. The van der Waals surface area contributed by atoms with Crippen LogP contribution < -0.4 is 10.6 Å². The summed E-state index contributed by atoms with van der Waals surface area (Å²) in [6.07, 6.45) is 2.82. The molecule has 0 spiro atoms. The summed E-state index contributed by atoms with van der Waals surface area (Å²) < 4.78 is 7.42. The Labute approximate surface area is 145 Å². The molecule has 2 heterocycles. The average Bonchev–Trinajstić information content (AvgIpc) is 3.19. The highest BCUT2D eigenvalue weighted by molar-refractivity contribution is 5.78. The molecule has 0 bridgehead atoms. The van der Waals surface area contributed by atoms with Crippen LogP contribution >= 0.6 is 0 Å². The number of aryl methyl sites for hydroxylation is 1. The lowest BCUT2D eigenvalue weighted by Crippen LogP contribution is -2.07. The Kier molecular flexibility index (Phi) is 6.90. The highest BCUT2D eigenvalue weighted by Crippen LogP contribution is 2.13. The first-order chi connectivity index (χ1) is 12.1. The monoisotopic (exact) mass is 346 g/mol. The van der Waals surface area contributed by atoms with Crippen molar-refractivity contribution >= 4 is 22.9 Å². The maximum Gasteiger partial charge on any atom is 0.315 e. The average molecular weight is 346 g/mol. The molecule has 0 aliphatic heterocycles. The summed E-state index contributed by atoms with van der Waals surface area (Å²) in [6, 6.07) is 8.66. The summed E-state index contributed by atoms with van der Waals surface area (Å²) >= 11 is 0. The van der Waals surface area contributed by atoms with Gasteiger partial charge in [0.25, 0.3) is 5.97 Å². The molecule has 0 saturated carbocycles. The fourth-order valence-corrected chi connectivity index (χ4v) is 2.18. The second kappa shape index (κ2) is 9.38. The number of rotatable bonds is 7. The first-order valence-electron chi connectivity index (χ1n) is 7.91. The van der Waals surface area contributed by atoms with E-state index in [-0.39, 0.29) is 0 Å². The van der Waals surface area contributed by atoms with Crippen LogP contribution in [0.2, 0.25) is 0 Å². The highest BCUT2D eigenvalue weighted by Gasteiger charge is 2.04. The zero-order valence-electron chi connectivity index (χ0n) is 14.3. The number of para-hydroxylation sites is 1. The number of nitrogens with zero attached hydrogens (tertiary/aromatic N) is 4. The van der Waals surface area contributed by atoms with Gasteiger partial charge in [-0.1, -0.05) is 23.3 Å². The molecular weight excluding hydrogens is 324 g/mol. The van der Waals surface area contributed by atoms with Crippen molar-refractivity contribution in [3.05, 3.63) is 36.4 Å². The number of carboxylic acids is 1. The molecule has 0 atom stereocenters. The number of anilines is 1. The Bertz CT molecular complexity index is 794. The van der Waals surface area contributed by atoms with E-state index in [1.165, 1.54) is 5.39 Å². The lowest BCUT2D eigenvalue weighted by atomic mass is 10.2. The van der Waals surface area contributed by atoms with Crippen molar-refractivity contribution in [1.29, 1.82) is 0 Å². The van der Waals surface area contributed by atoms with Gasteiger partial charge in [-0.25, -0.2) is 0 Å². The predicted octanol–water partition coefficient (Wildman–Crippen LogP) is 1.73. The SMILES string of the molecule is CC(=O)O.CNCc1nnc(NCCCn2ncc3ccccc32)o1. The Morgan fingerprint density at radius 2 is 2.08 bits per heavy atom. The van der Waals surface area contributed by atoms with E-state index in [0.29, 0.717) is 18.5 Å². The number of carboxylic acid groups (broad SMARTS) is 1. The minimum atomic E-state index is -0.833. The van der Waals surface area contributed by atoms with E-state index in [4.69, 9.17) is 14.3 Å². The van der Waals surface area contributed by atoms with Gasteiger partial charge in [-0.2, -0.15) is 5.10 Å². The van der Waals surface area contributed by atoms with Crippen molar-refractivity contribution in [3.63, 3.8) is 0 Å². The van der Waals surface area contributed by atoms with E-state index >= 15 is 0 Å². The lowest BCUT2D eigenvalue weighted by molar-refractivity contribution is -0.134. The van der Waals surface area contributed by atoms with Gasteiger partial charge in [0.05, 0.1) is 18.3 Å². The summed E-state index contributed by atoms with van der Waals surface area (Å²) in [7, 11) is 1.84. The van der Waals surface area contributed by atoms with E-state index in [9.17, 15) is 0 Å². The first kappa shape index (κ1) is 18.4. The van der Waals surface area contributed by atoms with Crippen molar-refractivity contribution in [2.24, 2.45) is 0 Å². The molecule has 0 radical (unpaired) electrons. The number of aliphatic carboxylic acids is 1. The van der Waals surface area contributed by atoms with E-state index in [1.54, 1.807) is 0 Å². The van der Waals surface area contributed by atoms with Crippen molar-refractivity contribution in [1.82, 2.24) is 25.3 Å². The molecule has 3 N–H and O–H groups in total. The van der Waals surface area contributed by atoms with E-state index in [0.717, 1.165) is 32.0 Å². The Morgan fingerprint density at radius 3 is 2.84 bits per heavy atom. The summed E-state index contributed by atoms with van der Waals surface area (Å²) in [4.78, 5) is 9.00. The van der Waals surface area contributed by atoms with Gasteiger partial charge in [-0.3, -0.25) is 9.48 Å². The molecule has 2 aromatic heterocycles. The molecule has 9 heteroatoms. The standard InChI is InChI=1S/C14H18N6O.C2H4O2/c1-15-10-13-18-19-14(21-13)16-7-4-8-20-12-6-3-2-5-11(12)9-17-20;1-2(3)4/h2-3,5-6,9,15H,4,7-8,10H2,1H3,(H,16,19);1H3,(H,3,4). The van der Waals surface area contributed by atoms with E-state index < -0.39 is 5.97 Å². The highest BCUT2D eigenvalue weighted by atomic mass is 16.4. The van der Waals surface area contributed by atoms with Crippen LogP contribution in [0.1, 0.15) is 19.2 Å².